The first-order valence-electron chi connectivity index (χ1n) is 11.3. The van der Waals surface area contributed by atoms with Gasteiger partial charge in [0.05, 0.1) is 10.3 Å². The lowest BCUT2D eigenvalue weighted by Crippen LogP contribution is -2.23. The fourth-order valence-electron chi connectivity index (χ4n) is 3.67. The smallest absolute Gasteiger partial charge is 0.286 e. The molecule has 0 saturated heterocycles. The van der Waals surface area contributed by atoms with Gasteiger partial charge in [0.15, 0.2) is 11.6 Å². The number of hydrogen-bond donors (Lipinski definition) is 0. The zero-order chi connectivity index (χ0) is 26.6. The molecule has 1 aromatic heterocycles. The maximum Gasteiger partial charge on any atom is 0.286 e. The van der Waals surface area contributed by atoms with Gasteiger partial charge in [-0.05, 0) is 50.1 Å². The van der Waals surface area contributed by atoms with E-state index in [2.05, 4.69) is 15.1 Å². The average molecular weight is 551 g/mol. The number of carbonyl (C=O) groups is 1. The zero-order valence-electron chi connectivity index (χ0n) is 20.8. The summed E-state index contributed by atoms with van der Waals surface area (Å²) in [4.78, 5) is 22.2. The number of aliphatic imine (C=N–C) groups is 1. The van der Waals surface area contributed by atoms with Crippen molar-refractivity contribution >= 4 is 49.7 Å². The van der Waals surface area contributed by atoms with Crippen LogP contribution in [0.4, 0.5) is 5.95 Å². The monoisotopic (exact) mass is 550 g/mol. The Morgan fingerprint density at radius 2 is 1.46 bits per heavy atom. The van der Waals surface area contributed by atoms with Gasteiger partial charge in [-0.3, -0.25) is 4.79 Å². The van der Waals surface area contributed by atoms with Crippen molar-refractivity contribution in [3.63, 3.8) is 0 Å². The molecule has 7 nitrogen and oxygen atoms in total. The van der Waals surface area contributed by atoms with E-state index < -0.39 is 15.4 Å². The summed E-state index contributed by atoms with van der Waals surface area (Å²) in [5.41, 5.74) is 1.06. The molecule has 0 aliphatic carbocycles. The van der Waals surface area contributed by atoms with Crippen molar-refractivity contribution in [2.24, 2.45) is 4.99 Å². The Hall–Kier alpha value is -3.21. The van der Waals surface area contributed by atoms with Crippen LogP contribution < -0.4 is 0 Å². The molecule has 190 valence electrons. The molecule has 0 atom stereocenters. The van der Waals surface area contributed by atoms with Crippen LogP contribution >= 0.6 is 23.5 Å². The van der Waals surface area contributed by atoms with Crippen molar-refractivity contribution in [3.8, 4) is 0 Å². The first kappa shape index (κ1) is 26.8. The van der Waals surface area contributed by atoms with E-state index in [-0.39, 0.29) is 22.5 Å². The number of ketones is 1. The van der Waals surface area contributed by atoms with E-state index in [0.29, 0.717) is 15.5 Å². The molecule has 1 heterocycles. The van der Waals surface area contributed by atoms with Gasteiger partial charge in [0.25, 0.3) is 16.0 Å². The lowest BCUT2D eigenvalue weighted by molar-refractivity contribution is 0.103. The quantitative estimate of drug-likeness (QED) is 0.163. The summed E-state index contributed by atoms with van der Waals surface area (Å²) < 4.78 is 28.6. The fourth-order valence-corrected chi connectivity index (χ4v) is 5.86. The molecule has 0 bridgehead atoms. The molecular formula is C27H26N4O3S3. The Bertz CT molecular complexity index is 1540. The van der Waals surface area contributed by atoms with Crippen molar-refractivity contribution in [2.45, 2.75) is 24.2 Å². The fraction of sp³-hybridized carbons (Fsp3) is 0.185. The highest BCUT2D eigenvalue weighted by atomic mass is 32.2. The summed E-state index contributed by atoms with van der Waals surface area (Å²) in [6.07, 6.45) is 3.73. The minimum Gasteiger partial charge on any atom is -0.289 e. The van der Waals surface area contributed by atoms with E-state index in [1.165, 1.54) is 35.7 Å². The molecule has 3 aromatic carbocycles. The number of nitrogens with zero attached hydrogens (tertiary/aromatic N) is 4. The Labute approximate surface area is 225 Å². The first-order valence-corrected chi connectivity index (χ1v) is 15.2. The summed E-state index contributed by atoms with van der Waals surface area (Å²) in [5, 5.41) is 4.47. The Balaban J connectivity index is 1.82. The second-order valence-electron chi connectivity index (χ2n) is 8.58. The third kappa shape index (κ3) is 5.56. The van der Waals surface area contributed by atoms with E-state index in [9.17, 15) is 13.2 Å². The molecule has 37 heavy (non-hydrogen) atoms. The molecule has 0 aliphatic heterocycles. The van der Waals surface area contributed by atoms with Gasteiger partial charge in [0.1, 0.15) is 4.38 Å². The van der Waals surface area contributed by atoms with E-state index in [4.69, 9.17) is 0 Å². The summed E-state index contributed by atoms with van der Waals surface area (Å²) in [6, 6.07) is 24.4. The predicted octanol–water partition coefficient (Wildman–Crippen LogP) is 5.79. The Kier molecular flexibility index (Phi) is 8.01. The molecule has 0 saturated carbocycles. The largest absolute Gasteiger partial charge is 0.289 e. The van der Waals surface area contributed by atoms with Gasteiger partial charge in [0.2, 0.25) is 0 Å². The standard InChI is InChI=1S/C27H26N4O3S3/c1-27(2,21-15-11-14-20(18-21)23(32)19-12-7-5-8-13-19)24-28-25(29-26(35-3)36-4)31(30-24)37(33,34)22-16-9-6-10-17-22/h5-18H,1-4H3. The minimum absolute atomic E-state index is 0.0258. The Morgan fingerprint density at radius 3 is 2.08 bits per heavy atom. The number of aromatic nitrogens is 3. The van der Waals surface area contributed by atoms with E-state index >= 15 is 0 Å². The number of thioether (sulfide) groups is 2. The number of carbonyl (C=O) groups excluding carboxylic acids is 1. The van der Waals surface area contributed by atoms with Crippen LogP contribution in [-0.2, 0) is 15.4 Å². The van der Waals surface area contributed by atoms with Crippen LogP contribution in [-0.4, -0.2) is 45.3 Å². The third-order valence-electron chi connectivity index (χ3n) is 5.81. The molecular weight excluding hydrogens is 525 g/mol. The van der Waals surface area contributed by atoms with Crippen LogP contribution in [0.25, 0.3) is 0 Å². The highest BCUT2D eigenvalue weighted by Gasteiger charge is 2.33. The van der Waals surface area contributed by atoms with Gasteiger partial charge in [-0.25, -0.2) is 0 Å². The summed E-state index contributed by atoms with van der Waals surface area (Å²) in [6.45, 7) is 3.79. The molecule has 0 radical (unpaired) electrons. The van der Waals surface area contributed by atoms with Crippen LogP contribution in [0, 0.1) is 0 Å². The SMILES string of the molecule is CSC(=Nc1nc(C(C)(C)c2cccc(C(=O)c3ccccc3)c2)nn1S(=O)(=O)c1ccccc1)SC. The molecule has 4 rings (SSSR count). The lowest BCUT2D eigenvalue weighted by atomic mass is 9.82. The Morgan fingerprint density at radius 1 is 0.865 bits per heavy atom. The van der Waals surface area contributed by atoms with Gasteiger partial charge >= 0.3 is 0 Å². The van der Waals surface area contributed by atoms with Gasteiger partial charge < -0.3 is 0 Å². The highest BCUT2D eigenvalue weighted by molar-refractivity contribution is 8.38. The van der Waals surface area contributed by atoms with E-state index in [1.54, 1.807) is 42.5 Å². The lowest BCUT2D eigenvalue weighted by Gasteiger charge is -2.22. The molecule has 0 amide bonds. The summed E-state index contributed by atoms with van der Waals surface area (Å²) in [7, 11) is -4.05. The number of rotatable bonds is 7. The van der Waals surface area contributed by atoms with Gasteiger partial charge in [-0.2, -0.15) is 18.4 Å². The van der Waals surface area contributed by atoms with Gasteiger partial charge in [-0.1, -0.05) is 66.7 Å². The zero-order valence-corrected chi connectivity index (χ0v) is 23.3. The molecule has 0 fully saturated rings. The van der Waals surface area contributed by atoms with Crippen molar-refractivity contribution in [3.05, 3.63) is 107 Å². The van der Waals surface area contributed by atoms with E-state index in [0.717, 1.165) is 9.65 Å². The van der Waals surface area contributed by atoms with Gasteiger partial charge in [0, 0.05) is 11.1 Å². The second kappa shape index (κ2) is 11.0. The maximum absolute atomic E-state index is 13.5. The predicted molar refractivity (Wildman–Crippen MR) is 152 cm³/mol. The topological polar surface area (TPSA) is 94.3 Å². The molecule has 0 spiro atoms. The van der Waals surface area contributed by atoms with Crippen LogP contribution in [0.2, 0.25) is 0 Å². The molecule has 0 unspecified atom stereocenters. The van der Waals surface area contributed by atoms with E-state index in [1.807, 2.05) is 56.7 Å². The highest BCUT2D eigenvalue weighted by Crippen LogP contribution is 2.33. The maximum atomic E-state index is 13.5. The first-order chi connectivity index (χ1) is 17.7. The summed E-state index contributed by atoms with van der Waals surface area (Å²) in [5.74, 6) is 0.150. The summed E-state index contributed by atoms with van der Waals surface area (Å²) >= 11 is 2.79. The van der Waals surface area contributed by atoms with Crippen LogP contribution in [0.5, 0.6) is 0 Å². The van der Waals surface area contributed by atoms with Crippen molar-refractivity contribution in [1.29, 1.82) is 0 Å². The van der Waals surface area contributed by atoms with Crippen molar-refractivity contribution < 1.29 is 13.2 Å². The number of benzene rings is 3. The van der Waals surface area contributed by atoms with Crippen molar-refractivity contribution in [2.75, 3.05) is 12.5 Å². The molecule has 10 heteroatoms. The molecule has 4 aromatic rings. The van der Waals surface area contributed by atoms with Crippen LogP contribution in [0.3, 0.4) is 0 Å². The molecule has 0 aliphatic rings. The molecule has 0 N–H and O–H groups in total. The van der Waals surface area contributed by atoms with Crippen LogP contribution in [0.15, 0.2) is 94.8 Å². The second-order valence-corrected chi connectivity index (χ2v) is 12.2. The van der Waals surface area contributed by atoms with Crippen LogP contribution in [0.1, 0.15) is 41.2 Å². The normalized spacial score (nSPS) is 11.8. The third-order valence-corrected chi connectivity index (χ3v) is 9.26. The van der Waals surface area contributed by atoms with Crippen molar-refractivity contribution in [1.82, 2.24) is 14.2 Å². The number of hydrogen-bond acceptors (Lipinski definition) is 8. The minimum atomic E-state index is -4.05. The van der Waals surface area contributed by atoms with Gasteiger partial charge in [-0.15, -0.1) is 32.7 Å². The average Bonchev–Trinajstić information content (AvgIpc) is 3.38.